The summed E-state index contributed by atoms with van der Waals surface area (Å²) in [5.41, 5.74) is 3.19. The van der Waals surface area contributed by atoms with Crippen LogP contribution in [0.15, 0.2) is 72.8 Å². The number of aromatic nitrogens is 2. The van der Waals surface area contributed by atoms with E-state index in [1.54, 1.807) is 30.3 Å². The Morgan fingerprint density at radius 3 is 2.28 bits per heavy atom. The van der Waals surface area contributed by atoms with E-state index in [9.17, 15) is 13.9 Å². The van der Waals surface area contributed by atoms with Gasteiger partial charge in [0.25, 0.3) is 0 Å². The molecule has 0 aliphatic rings. The van der Waals surface area contributed by atoms with Gasteiger partial charge in [0, 0.05) is 44.8 Å². The summed E-state index contributed by atoms with van der Waals surface area (Å²) >= 11 is 0. The zero-order valence-corrected chi connectivity index (χ0v) is 17.3. The summed E-state index contributed by atoms with van der Waals surface area (Å²) in [6.45, 7) is 0. The molecular formula is C23H15F2N2OPt-. The number of rotatable bonds is 4. The maximum atomic E-state index is 14.1. The van der Waals surface area contributed by atoms with Crippen molar-refractivity contribution in [2.45, 2.75) is 6.42 Å². The molecule has 4 rings (SSSR count). The Labute approximate surface area is 181 Å². The van der Waals surface area contributed by atoms with Crippen LogP contribution in [-0.2, 0) is 27.5 Å². The molecule has 0 saturated carbocycles. The second-order valence-corrected chi connectivity index (χ2v) is 6.27. The van der Waals surface area contributed by atoms with Gasteiger partial charge in [-0.25, -0.2) is 0 Å². The summed E-state index contributed by atoms with van der Waals surface area (Å²) in [4.78, 5) is 9.08. The molecule has 0 unspecified atom stereocenters. The van der Waals surface area contributed by atoms with E-state index in [1.165, 1.54) is 0 Å². The van der Waals surface area contributed by atoms with Gasteiger partial charge in [-0.15, -0.1) is 12.1 Å². The van der Waals surface area contributed by atoms with Crippen LogP contribution >= 0.6 is 0 Å². The number of pyridine rings is 2. The predicted octanol–water partition coefficient (Wildman–Crippen LogP) is 5.18. The maximum absolute atomic E-state index is 14.1. The molecule has 148 valence electrons. The van der Waals surface area contributed by atoms with Crippen LogP contribution in [0.25, 0.3) is 22.6 Å². The fraction of sp³-hybridized carbons (Fsp3) is 0.0435. The van der Waals surface area contributed by atoms with Crippen LogP contribution in [0.1, 0.15) is 11.3 Å². The SMILES string of the molecule is Oc1ccccc1Cc1cccc(-c2cccc(-c3[c-]cc(F)cc3F)n2)n1.[Pt]. The average molecular weight is 568 g/mol. The number of halogens is 2. The number of phenolic OH excluding ortho intramolecular Hbond substituents is 1. The van der Waals surface area contributed by atoms with Gasteiger partial charge in [-0.05, 0) is 35.5 Å². The molecule has 0 radical (unpaired) electrons. The van der Waals surface area contributed by atoms with E-state index in [0.717, 1.165) is 23.4 Å². The molecule has 0 bridgehead atoms. The monoisotopic (exact) mass is 568 g/mol. The largest absolute Gasteiger partial charge is 0.508 e. The van der Waals surface area contributed by atoms with Crippen molar-refractivity contribution < 1.29 is 35.0 Å². The van der Waals surface area contributed by atoms with E-state index in [-0.39, 0.29) is 32.4 Å². The van der Waals surface area contributed by atoms with Crippen LogP contribution < -0.4 is 0 Å². The average Bonchev–Trinajstić information content (AvgIpc) is 2.70. The van der Waals surface area contributed by atoms with Crippen molar-refractivity contribution in [1.82, 2.24) is 9.97 Å². The molecule has 2 heterocycles. The fourth-order valence-electron chi connectivity index (χ4n) is 2.93. The van der Waals surface area contributed by atoms with Gasteiger partial charge in [0.2, 0.25) is 0 Å². The summed E-state index contributed by atoms with van der Waals surface area (Å²) < 4.78 is 27.2. The number of hydrogen-bond donors (Lipinski definition) is 1. The number of para-hydroxylation sites is 1. The summed E-state index contributed by atoms with van der Waals surface area (Å²) in [7, 11) is 0. The van der Waals surface area contributed by atoms with Crippen LogP contribution in [0.3, 0.4) is 0 Å². The van der Waals surface area contributed by atoms with E-state index in [4.69, 9.17) is 0 Å². The molecule has 4 aromatic rings. The smallest absolute Gasteiger partial charge is 0.119 e. The number of benzene rings is 2. The van der Waals surface area contributed by atoms with Crippen LogP contribution in [0.5, 0.6) is 5.75 Å². The summed E-state index contributed by atoms with van der Waals surface area (Å²) in [6, 6.07) is 22.3. The minimum Gasteiger partial charge on any atom is -0.508 e. The van der Waals surface area contributed by atoms with Gasteiger partial charge >= 0.3 is 0 Å². The Hall–Kier alpha value is -2.91. The Morgan fingerprint density at radius 2 is 1.52 bits per heavy atom. The quantitative estimate of drug-likeness (QED) is 0.345. The van der Waals surface area contributed by atoms with Crippen molar-refractivity contribution in [2.75, 3.05) is 0 Å². The molecule has 2 aromatic heterocycles. The molecule has 3 nitrogen and oxygen atoms in total. The van der Waals surface area contributed by atoms with Gasteiger partial charge in [-0.2, -0.15) is 0 Å². The zero-order chi connectivity index (χ0) is 19.5. The molecule has 0 aliphatic heterocycles. The van der Waals surface area contributed by atoms with E-state index in [0.29, 0.717) is 23.5 Å². The predicted molar refractivity (Wildman–Crippen MR) is 103 cm³/mol. The first-order valence-electron chi connectivity index (χ1n) is 8.67. The first kappa shape index (κ1) is 20.8. The second kappa shape index (κ2) is 9.06. The normalized spacial score (nSPS) is 10.4. The summed E-state index contributed by atoms with van der Waals surface area (Å²) in [5, 5.41) is 9.96. The van der Waals surface area contributed by atoms with E-state index in [2.05, 4.69) is 16.0 Å². The van der Waals surface area contributed by atoms with Gasteiger partial charge in [-0.3, -0.25) is 18.7 Å². The molecule has 0 saturated heterocycles. The van der Waals surface area contributed by atoms with Crippen LogP contribution in [0.4, 0.5) is 8.78 Å². The second-order valence-electron chi connectivity index (χ2n) is 6.27. The van der Waals surface area contributed by atoms with Crippen molar-refractivity contribution in [1.29, 1.82) is 0 Å². The van der Waals surface area contributed by atoms with Gasteiger partial charge in [-0.1, -0.05) is 48.0 Å². The van der Waals surface area contributed by atoms with Gasteiger partial charge in [0.1, 0.15) is 5.75 Å². The third-order valence-corrected chi connectivity index (χ3v) is 4.30. The molecule has 29 heavy (non-hydrogen) atoms. The van der Waals surface area contributed by atoms with Crippen LogP contribution in [-0.4, -0.2) is 15.1 Å². The Morgan fingerprint density at radius 1 is 0.828 bits per heavy atom. The molecule has 0 amide bonds. The van der Waals surface area contributed by atoms with Crippen LogP contribution in [0, 0.1) is 17.7 Å². The Balaban J connectivity index is 0.00000240. The Bertz CT molecular complexity index is 1150. The number of phenols is 1. The molecular weight excluding hydrogens is 553 g/mol. The van der Waals surface area contributed by atoms with E-state index in [1.807, 2.05) is 30.3 Å². The van der Waals surface area contributed by atoms with Crippen molar-refractivity contribution >= 4 is 0 Å². The van der Waals surface area contributed by atoms with E-state index < -0.39 is 11.6 Å². The standard InChI is InChI=1S/C23H15F2N2O.Pt/c24-16-11-12-18(19(25)14-16)20-7-4-9-22(27-20)21-8-3-6-17(26-21)13-15-5-1-2-10-23(15)28;/h1-11,14,28H,13H2;/q-1;. The molecule has 1 N–H and O–H groups in total. The molecule has 0 aliphatic carbocycles. The van der Waals surface area contributed by atoms with Gasteiger partial charge in [0.15, 0.2) is 0 Å². The fourth-order valence-corrected chi connectivity index (χ4v) is 2.93. The van der Waals surface area contributed by atoms with Crippen molar-refractivity contribution in [3.63, 3.8) is 0 Å². The molecule has 2 aromatic carbocycles. The first-order chi connectivity index (χ1) is 13.6. The van der Waals surface area contributed by atoms with Gasteiger partial charge in [0.05, 0.1) is 11.4 Å². The summed E-state index contributed by atoms with van der Waals surface area (Å²) in [5.74, 6) is -1.18. The maximum Gasteiger partial charge on any atom is 0.119 e. The third kappa shape index (κ3) is 4.75. The molecule has 0 atom stereocenters. The molecule has 6 heteroatoms. The first-order valence-corrected chi connectivity index (χ1v) is 8.67. The topological polar surface area (TPSA) is 46.0 Å². The number of aromatic hydroxyl groups is 1. The van der Waals surface area contributed by atoms with Crippen molar-refractivity contribution in [2.24, 2.45) is 0 Å². The van der Waals surface area contributed by atoms with Crippen molar-refractivity contribution in [3.8, 4) is 28.4 Å². The molecule has 0 spiro atoms. The van der Waals surface area contributed by atoms with E-state index >= 15 is 0 Å². The number of hydrogen-bond acceptors (Lipinski definition) is 3. The third-order valence-electron chi connectivity index (χ3n) is 4.30. The minimum atomic E-state index is -0.717. The number of nitrogens with zero attached hydrogens (tertiary/aromatic N) is 2. The van der Waals surface area contributed by atoms with Crippen molar-refractivity contribution in [3.05, 3.63) is 102 Å². The molecule has 0 fully saturated rings. The Kier molecular flexibility index (Phi) is 6.50. The minimum absolute atomic E-state index is 0. The van der Waals surface area contributed by atoms with Crippen LogP contribution in [0.2, 0.25) is 0 Å². The zero-order valence-electron chi connectivity index (χ0n) is 15.0. The summed E-state index contributed by atoms with van der Waals surface area (Å²) in [6.07, 6.45) is 0.473. The van der Waals surface area contributed by atoms with Gasteiger partial charge < -0.3 is 5.11 Å².